The summed E-state index contributed by atoms with van der Waals surface area (Å²) >= 11 is 0. The van der Waals surface area contributed by atoms with Crippen LogP contribution in [0.15, 0.2) is 17.0 Å². The molecule has 0 fully saturated rings. The largest absolute Gasteiger partial charge is 0.316 e. The van der Waals surface area contributed by atoms with Crippen molar-refractivity contribution < 1.29 is 12.8 Å². The second-order valence-corrected chi connectivity index (χ2v) is 7.21. The van der Waals surface area contributed by atoms with Gasteiger partial charge in [-0.2, -0.15) is 0 Å². The highest BCUT2D eigenvalue weighted by atomic mass is 32.2. The molecule has 0 spiro atoms. The maximum absolute atomic E-state index is 13.9. The zero-order chi connectivity index (χ0) is 16.2. The Bertz CT molecular complexity index is 588. The summed E-state index contributed by atoms with van der Waals surface area (Å²) in [7, 11) is -2.00. The molecule has 0 aliphatic carbocycles. The van der Waals surface area contributed by atoms with E-state index in [1.54, 1.807) is 7.05 Å². The fourth-order valence-electron chi connectivity index (χ4n) is 2.07. The Morgan fingerprint density at radius 1 is 1.29 bits per heavy atom. The summed E-state index contributed by atoms with van der Waals surface area (Å²) in [5, 5.41) is 2.90. The van der Waals surface area contributed by atoms with Crippen LogP contribution in [-0.4, -0.2) is 21.5 Å². The quantitative estimate of drug-likeness (QED) is 0.813. The van der Waals surface area contributed by atoms with Gasteiger partial charge in [-0.1, -0.05) is 20.3 Å². The lowest BCUT2D eigenvalue weighted by Gasteiger charge is -2.21. The summed E-state index contributed by atoms with van der Waals surface area (Å²) in [5.41, 5.74) is 0.760. The van der Waals surface area contributed by atoms with Gasteiger partial charge in [0.15, 0.2) is 0 Å². The molecule has 1 aromatic rings. The minimum absolute atomic E-state index is 0.0166. The van der Waals surface area contributed by atoms with Gasteiger partial charge in [0.05, 0.1) is 4.90 Å². The first-order chi connectivity index (χ1) is 9.72. The van der Waals surface area contributed by atoms with Crippen LogP contribution in [0.3, 0.4) is 0 Å². The lowest BCUT2D eigenvalue weighted by atomic mass is 10.0. The third kappa shape index (κ3) is 4.49. The Morgan fingerprint density at radius 3 is 2.43 bits per heavy atom. The second kappa shape index (κ2) is 7.33. The number of benzene rings is 1. The first-order valence-electron chi connectivity index (χ1n) is 7.18. The minimum atomic E-state index is -3.73. The Balaban J connectivity index is 3.18. The molecule has 21 heavy (non-hydrogen) atoms. The van der Waals surface area contributed by atoms with Crippen LogP contribution in [0.2, 0.25) is 0 Å². The van der Waals surface area contributed by atoms with Crippen LogP contribution in [0.25, 0.3) is 0 Å². The predicted octanol–water partition coefficient (Wildman–Crippen LogP) is 2.57. The number of sulfonamides is 1. The second-order valence-electron chi connectivity index (χ2n) is 5.53. The van der Waals surface area contributed by atoms with Crippen LogP contribution in [0.5, 0.6) is 0 Å². The number of hydrogen-bond donors (Lipinski definition) is 2. The van der Waals surface area contributed by atoms with E-state index in [-0.39, 0.29) is 22.4 Å². The fourth-order valence-corrected chi connectivity index (χ4v) is 3.73. The van der Waals surface area contributed by atoms with Crippen LogP contribution < -0.4 is 10.0 Å². The highest BCUT2D eigenvalue weighted by Gasteiger charge is 2.24. The van der Waals surface area contributed by atoms with Gasteiger partial charge in [0.2, 0.25) is 10.0 Å². The molecule has 2 N–H and O–H groups in total. The normalized spacial score (nSPS) is 15.0. The summed E-state index contributed by atoms with van der Waals surface area (Å²) in [5.74, 6) is -0.287. The van der Waals surface area contributed by atoms with Crippen molar-refractivity contribution in [2.75, 3.05) is 7.05 Å². The van der Waals surface area contributed by atoms with Crippen molar-refractivity contribution >= 4 is 10.0 Å². The topological polar surface area (TPSA) is 58.2 Å². The molecule has 6 heteroatoms. The van der Waals surface area contributed by atoms with Gasteiger partial charge in [-0.25, -0.2) is 17.5 Å². The Morgan fingerprint density at radius 2 is 1.90 bits per heavy atom. The van der Waals surface area contributed by atoms with Crippen LogP contribution >= 0.6 is 0 Å². The molecule has 0 saturated heterocycles. The van der Waals surface area contributed by atoms with Gasteiger partial charge in [0.25, 0.3) is 0 Å². The minimum Gasteiger partial charge on any atom is -0.316 e. The van der Waals surface area contributed by atoms with Crippen LogP contribution in [0.1, 0.15) is 38.3 Å². The van der Waals surface area contributed by atoms with Crippen molar-refractivity contribution in [1.82, 2.24) is 10.0 Å². The molecule has 2 atom stereocenters. The highest BCUT2D eigenvalue weighted by molar-refractivity contribution is 7.89. The maximum atomic E-state index is 13.9. The molecular weight excluding hydrogens is 291 g/mol. The van der Waals surface area contributed by atoms with Crippen molar-refractivity contribution in [2.45, 2.75) is 51.6 Å². The number of nitrogens with one attached hydrogen (secondary N) is 2. The number of rotatable bonds is 7. The van der Waals surface area contributed by atoms with Crippen molar-refractivity contribution in [3.63, 3.8) is 0 Å². The zero-order valence-corrected chi connectivity index (χ0v) is 14.1. The van der Waals surface area contributed by atoms with Crippen molar-refractivity contribution in [1.29, 1.82) is 0 Å². The average molecular weight is 316 g/mol. The molecule has 1 aromatic carbocycles. The van der Waals surface area contributed by atoms with E-state index in [1.165, 1.54) is 19.1 Å². The van der Waals surface area contributed by atoms with Gasteiger partial charge in [0, 0.05) is 18.2 Å². The summed E-state index contributed by atoms with van der Waals surface area (Å²) in [4.78, 5) is 0.0166. The maximum Gasteiger partial charge on any atom is 0.241 e. The van der Waals surface area contributed by atoms with E-state index in [2.05, 4.69) is 10.0 Å². The molecule has 1 rings (SSSR count). The van der Waals surface area contributed by atoms with E-state index in [0.717, 1.165) is 6.42 Å². The molecule has 0 saturated carbocycles. The summed E-state index contributed by atoms with van der Waals surface area (Å²) < 4.78 is 41.6. The van der Waals surface area contributed by atoms with Crippen molar-refractivity contribution in [3.05, 3.63) is 29.1 Å². The molecule has 0 aliphatic heterocycles. The molecule has 0 heterocycles. The summed E-state index contributed by atoms with van der Waals surface area (Å²) in [6, 6.07) is 2.69. The monoisotopic (exact) mass is 316 g/mol. The molecule has 0 radical (unpaired) electrons. The van der Waals surface area contributed by atoms with Crippen LogP contribution in [0, 0.1) is 18.7 Å². The van der Waals surface area contributed by atoms with E-state index < -0.39 is 15.8 Å². The lowest BCUT2D eigenvalue weighted by Crippen LogP contribution is -2.37. The van der Waals surface area contributed by atoms with E-state index in [1.807, 2.05) is 20.8 Å². The SMILES string of the molecule is CCC(C)C(C)NS(=O)(=O)c1cc(CNC)cc(F)c1C. The van der Waals surface area contributed by atoms with Crippen LogP contribution in [0.4, 0.5) is 4.39 Å². The molecule has 0 aliphatic rings. The van der Waals surface area contributed by atoms with E-state index in [9.17, 15) is 12.8 Å². The third-order valence-corrected chi connectivity index (χ3v) is 5.55. The van der Waals surface area contributed by atoms with E-state index >= 15 is 0 Å². The predicted molar refractivity (Wildman–Crippen MR) is 83.1 cm³/mol. The number of halogens is 1. The smallest absolute Gasteiger partial charge is 0.241 e. The molecular formula is C15H25FN2O2S. The number of hydrogen-bond acceptors (Lipinski definition) is 3. The summed E-state index contributed by atoms with van der Waals surface area (Å²) in [6.45, 7) is 7.72. The highest BCUT2D eigenvalue weighted by Crippen LogP contribution is 2.22. The van der Waals surface area contributed by atoms with Gasteiger partial charge >= 0.3 is 0 Å². The van der Waals surface area contributed by atoms with Gasteiger partial charge < -0.3 is 5.32 Å². The van der Waals surface area contributed by atoms with E-state index in [0.29, 0.717) is 12.1 Å². The Kier molecular flexibility index (Phi) is 6.31. The lowest BCUT2D eigenvalue weighted by molar-refractivity contribution is 0.433. The standard InChI is InChI=1S/C15H25FN2O2S/c1-6-10(2)12(4)18-21(19,20)15-8-13(9-17-5)7-14(16)11(15)3/h7-8,10,12,17-18H,6,9H2,1-5H3. The third-order valence-electron chi connectivity index (χ3n) is 3.87. The molecule has 4 nitrogen and oxygen atoms in total. The molecule has 0 bridgehead atoms. The van der Waals surface area contributed by atoms with E-state index in [4.69, 9.17) is 0 Å². The van der Waals surface area contributed by atoms with Gasteiger partial charge in [-0.3, -0.25) is 0 Å². The Labute approximate surface area is 127 Å². The average Bonchev–Trinajstić information content (AvgIpc) is 2.41. The van der Waals surface area contributed by atoms with Gasteiger partial charge in [0.1, 0.15) is 5.82 Å². The first-order valence-corrected chi connectivity index (χ1v) is 8.67. The molecule has 0 amide bonds. The first kappa shape index (κ1) is 18.1. The van der Waals surface area contributed by atoms with Crippen molar-refractivity contribution in [2.24, 2.45) is 5.92 Å². The van der Waals surface area contributed by atoms with Crippen LogP contribution in [-0.2, 0) is 16.6 Å². The molecule has 2 unspecified atom stereocenters. The van der Waals surface area contributed by atoms with Gasteiger partial charge in [-0.05, 0) is 44.5 Å². The molecule has 120 valence electrons. The van der Waals surface area contributed by atoms with Gasteiger partial charge in [-0.15, -0.1) is 0 Å². The van der Waals surface area contributed by atoms with Crippen molar-refractivity contribution in [3.8, 4) is 0 Å². The molecule has 0 aromatic heterocycles. The fraction of sp³-hybridized carbons (Fsp3) is 0.600. The zero-order valence-electron chi connectivity index (χ0n) is 13.3. The Hall–Kier alpha value is -0.980. The summed E-state index contributed by atoms with van der Waals surface area (Å²) in [6.07, 6.45) is 0.872.